The first kappa shape index (κ1) is 17.2. The number of hydrogen-bond donors (Lipinski definition) is 1. The Bertz CT molecular complexity index is 283. The fourth-order valence-electron chi connectivity index (χ4n) is 1.71. The van der Waals surface area contributed by atoms with E-state index in [4.69, 9.17) is 4.74 Å². The van der Waals surface area contributed by atoms with Crippen LogP contribution in [0.4, 0.5) is 0 Å². The summed E-state index contributed by atoms with van der Waals surface area (Å²) in [5.41, 5.74) is 0. The van der Waals surface area contributed by atoms with E-state index < -0.39 is 6.10 Å². The van der Waals surface area contributed by atoms with Crippen molar-refractivity contribution in [2.24, 2.45) is 0 Å². The molecule has 0 bridgehead atoms. The molecule has 18 heavy (non-hydrogen) atoms. The quantitative estimate of drug-likeness (QED) is 0.742. The summed E-state index contributed by atoms with van der Waals surface area (Å²) in [7, 11) is 3.10. The lowest BCUT2D eigenvalue weighted by Crippen LogP contribution is -2.50. The molecule has 0 aromatic carbocycles. The molecule has 1 unspecified atom stereocenters. The van der Waals surface area contributed by atoms with Gasteiger partial charge in [0, 0.05) is 40.3 Å². The van der Waals surface area contributed by atoms with Crippen molar-refractivity contribution in [3.63, 3.8) is 0 Å². The average molecular weight is 280 g/mol. The van der Waals surface area contributed by atoms with Gasteiger partial charge < -0.3 is 19.9 Å². The molecule has 0 spiro atoms. The van der Waals surface area contributed by atoms with E-state index in [1.807, 2.05) is 0 Å². The largest absolute Gasteiger partial charge is 0.372 e. The molecule has 0 aromatic heterocycles. The van der Waals surface area contributed by atoms with Crippen LogP contribution in [0, 0.1) is 0 Å². The number of ether oxygens (including phenoxy) is 1. The maximum atomic E-state index is 11.9. The van der Waals surface area contributed by atoms with Crippen LogP contribution >= 0.6 is 12.4 Å². The van der Waals surface area contributed by atoms with Crippen LogP contribution in [0.2, 0.25) is 0 Å². The fraction of sp³-hybridized carbons (Fsp3) is 0.818. The molecule has 0 aromatic rings. The smallest absolute Gasteiger partial charge is 0.251 e. The summed E-state index contributed by atoms with van der Waals surface area (Å²) < 4.78 is 4.93. The summed E-state index contributed by atoms with van der Waals surface area (Å²) in [4.78, 5) is 26.8. The molecule has 0 aliphatic carbocycles. The monoisotopic (exact) mass is 279 g/mol. The molecule has 1 fully saturated rings. The molecule has 6 nitrogen and oxygen atoms in total. The van der Waals surface area contributed by atoms with E-state index in [1.165, 1.54) is 12.0 Å². The van der Waals surface area contributed by atoms with Crippen LogP contribution in [-0.4, -0.2) is 74.6 Å². The van der Waals surface area contributed by atoms with E-state index in [0.717, 1.165) is 13.1 Å². The molecule has 7 heteroatoms. The van der Waals surface area contributed by atoms with Gasteiger partial charge in [0.15, 0.2) is 0 Å². The highest BCUT2D eigenvalue weighted by atomic mass is 35.5. The zero-order valence-electron chi connectivity index (χ0n) is 11.1. The molecular weight excluding hydrogens is 258 g/mol. The number of hydrogen-bond acceptors (Lipinski definition) is 4. The van der Waals surface area contributed by atoms with Gasteiger partial charge in [0.25, 0.3) is 5.91 Å². The Kier molecular flexibility index (Phi) is 7.90. The highest BCUT2D eigenvalue weighted by molar-refractivity contribution is 5.86. The van der Waals surface area contributed by atoms with Crippen molar-refractivity contribution in [3.05, 3.63) is 0 Å². The fourth-order valence-corrected chi connectivity index (χ4v) is 1.71. The minimum atomic E-state index is -0.504. The van der Waals surface area contributed by atoms with Crippen LogP contribution in [-0.2, 0) is 14.3 Å². The second kappa shape index (κ2) is 8.29. The first-order valence-corrected chi connectivity index (χ1v) is 5.82. The molecular formula is C11H22ClN3O3. The van der Waals surface area contributed by atoms with Crippen molar-refractivity contribution in [2.45, 2.75) is 13.0 Å². The van der Waals surface area contributed by atoms with E-state index in [2.05, 4.69) is 5.32 Å². The van der Waals surface area contributed by atoms with Gasteiger partial charge in [-0.3, -0.25) is 9.59 Å². The highest BCUT2D eigenvalue weighted by Crippen LogP contribution is 1.99. The molecule has 2 amide bonds. The summed E-state index contributed by atoms with van der Waals surface area (Å²) in [6.07, 6.45) is -0.504. The lowest BCUT2D eigenvalue weighted by molar-refractivity contribution is -0.145. The zero-order chi connectivity index (χ0) is 12.8. The molecule has 1 aliphatic heterocycles. The van der Waals surface area contributed by atoms with Gasteiger partial charge >= 0.3 is 0 Å². The van der Waals surface area contributed by atoms with Crippen LogP contribution in [0.25, 0.3) is 0 Å². The molecule has 1 rings (SSSR count). The Morgan fingerprint density at radius 1 is 1.39 bits per heavy atom. The standard InChI is InChI=1S/C11H21N3O3.ClH/c1-9(17-3)11(16)13(2)8-10(15)14-6-4-12-5-7-14;/h9,12H,4-8H2,1-3H3;1H. The lowest BCUT2D eigenvalue weighted by atomic mass is 10.3. The predicted octanol–water partition coefficient (Wildman–Crippen LogP) is -0.667. The summed E-state index contributed by atoms with van der Waals surface area (Å²) in [6, 6.07) is 0. The third kappa shape index (κ3) is 4.80. The maximum Gasteiger partial charge on any atom is 0.251 e. The number of nitrogens with one attached hydrogen (secondary N) is 1. The lowest BCUT2D eigenvalue weighted by Gasteiger charge is -2.29. The van der Waals surface area contributed by atoms with Gasteiger partial charge in [-0.25, -0.2) is 0 Å². The Morgan fingerprint density at radius 3 is 2.44 bits per heavy atom. The number of piperazine rings is 1. The number of rotatable bonds is 4. The van der Waals surface area contributed by atoms with Crippen LogP contribution in [0.3, 0.4) is 0 Å². The Labute approximate surface area is 114 Å². The third-order valence-electron chi connectivity index (χ3n) is 2.92. The van der Waals surface area contributed by atoms with E-state index in [0.29, 0.717) is 13.1 Å². The van der Waals surface area contributed by atoms with Crippen LogP contribution in [0.5, 0.6) is 0 Å². The first-order chi connectivity index (χ1) is 8.06. The van der Waals surface area contributed by atoms with Gasteiger partial charge in [-0.05, 0) is 6.92 Å². The maximum absolute atomic E-state index is 11.9. The number of halogens is 1. The number of amides is 2. The minimum absolute atomic E-state index is 0. The number of carbonyl (C=O) groups is 2. The van der Waals surface area contributed by atoms with E-state index >= 15 is 0 Å². The van der Waals surface area contributed by atoms with E-state index in [-0.39, 0.29) is 30.8 Å². The Balaban J connectivity index is 0.00000289. The van der Waals surface area contributed by atoms with Crippen molar-refractivity contribution in [1.29, 1.82) is 0 Å². The van der Waals surface area contributed by atoms with Crippen molar-refractivity contribution in [1.82, 2.24) is 15.1 Å². The van der Waals surface area contributed by atoms with Crippen LogP contribution < -0.4 is 5.32 Å². The summed E-state index contributed by atoms with van der Waals surface area (Å²) in [5, 5.41) is 3.18. The number of methoxy groups -OCH3 is 1. The second-order valence-corrected chi connectivity index (χ2v) is 4.20. The molecule has 1 saturated heterocycles. The topological polar surface area (TPSA) is 61.9 Å². The summed E-state index contributed by atoms with van der Waals surface area (Å²) in [6.45, 7) is 4.85. The van der Waals surface area contributed by atoms with Gasteiger partial charge in [-0.1, -0.05) is 0 Å². The highest BCUT2D eigenvalue weighted by Gasteiger charge is 2.22. The molecule has 1 aliphatic rings. The summed E-state index contributed by atoms with van der Waals surface area (Å²) in [5.74, 6) is -0.179. The zero-order valence-corrected chi connectivity index (χ0v) is 12.0. The molecule has 106 valence electrons. The van der Waals surface area contributed by atoms with Gasteiger partial charge in [0.05, 0.1) is 6.54 Å². The van der Waals surface area contributed by atoms with Crippen molar-refractivity contribution >= 4 is 24.2 Å². The molecule has 1 heterocycles. The normalized spacial score (nSPS) is 16.7. The van der Waals surface area contributed by atoms with Gasteiger partial charge in [-0.2, -0.15) is 0 Å². The molecule has 1 N–H and O–H groups in total. The van der Waals surface area contributed by atoms with E-state index in [1.54, 1.807) is 18.9 Å². The van der Waals surface area contributed by atoms with Gasteiger partial charge in [0.1, 0.15) is 6.10 Å². The third-order valence-corrected chi connectivity index (χ3v) is 2.92. The van der Waals surface area contributed by atoms with Crippen LogP contribution in [0.1, 0.15) is 6.92 Å². The molecule has 0 radical (unpaired) electrons. The van der Waals surface area contributed by atoms with E-state index in [9.17, 15) is 9.59 Å². The Hall–Kier alpha value is -0.850. The number of likely N-dealkylation sites (N-methyl/N-ethyl adjacent to an activating group) is 1. The first-order valence-electron chi connectivity index (χ1n) is 5.82. The summed E-state index contributed by atoms with van der Waals surface area (Å²) >= 11 is 0. The van der Waals surface area contributed by atoms with Gasteiger partial charge in [-0.15, -0.1) is 12.4 Å². The second-order valence-electron chi connectivity index (χ2n) is 4.20. The number of carbonyl (C=O) groups excluding carboxylic acids is 2. The molecule has 0 saturated carbocycles. The SMILES string of the molecule is COC(C)C(=O)N(C)CC(=O)N1CCNCC1.Cl. The molecule has 1 atom stereocenters. The predicted molar refractivity (Wildman–Crippen MR) is 70.8 cm³/mol. The van der Waals surface area contributed by atoms with Crippen molar-refractivity contribution in [3.8, 4) is 0 Å². The van der Waals surface area contributed by atoms with Crippen molar-refractivity contribution < 1.29 is 14.3 Å². The minimum Gasteiger partial charge on any atom is -0.372 e. The Morgan fingerprint density at radius 2 is 1.94 bits per heavy atom. The van der Waals surface area contributed by atoms with Crippen molar-refractivity contribution in [2.75, 3.05) is 46.9 Å². The average Bonchev–Trinajstić information content (AvgIpc) is 2.37. The van der Waals surface area contributed by atoms with Crippen LogP contribution in [0.15, 0.2) is 0 Å². The van der Waals surface area contributed by atoms with Gasteiger partial charge in [0.2, 0.25) is 5.91 Å². The number of nitrogens with zero attached hydrogens (tertiary/aromatic N) is 2.